The van der Waals surface area contributed by atoms with Crippen molar-refractivity contribution in [3.8, 4) is 0 Å². The molecule has 1 saturated heterocycles. The van der Waals surface area contributed by atoms with Gasteiger partial charge in [0.1, 0.15) is 0 Å². The zero-order chi connectivity index (χ0) is 13.9. The first-order chi connectivity index (χ1) is 8.97. The smallest absolute Gasteiger partial charge is 0.0403 e. The van der Waals surface area contributed by atoms with Crippen molar-refractivity contribution in [2.45, 2.75) is 32.9 Å². The second kappa shape index (κ2) is 6.19. The first-order valence-corrected chi connectivity index (χ1v) is 8.21. The van der Waals surface area contributed by atoms with Crippen LogP contribution in [0.2, 0.25) is 0 Å². The van der Waals surface area contributed by atoms with E-state index in [1.807, 2.05) is 0 Å². The van der Waals surface area contributed by atoms with Crippen LogP contribution in [0.4, 0.5) is 5.69 Å². The number of nitrogens with zero attached hydrogens (tertiary/aromatic N) is 1. The Kier molecular flexibility index (Phi) is 4.80. The van der Waals surface area contributed by atoms with E-state index >= 15 is 0 Å². The van der Waals surface area contributed by atoms with Gasteiger partial charge in [-0.2, -0.15) is 11.8 Å². The minimum absolute atomic E-state index is 0.396. The summed E-state index contributed by atoms with van der Waals surface area (Å²) in [5.74, 6) is 2.51. The molecule has 1 aliphatic rings. The van der Waals surface area contributed by atoms with E-state index < -0.39 is 0 Å². The molecule has 2 nitrogen and oxygen atoms in total. The van der Waals surface area contributed by atoms with Gasteiger partial charge in [0.2, 0.25) is 0 Å². The summed E-state index contributed by atoms with van der Waals surface area (Å²) >= 11 is 2.07. The largest absolute Gasteiger partial charge is 0.381 e. The SMILES string of the molecule is CN(C)Cc1ccc(NC2CSCCC2(C)C)cc1. The van der Waals surface area contributed by atoms with Crippen molar-refractivity contribution >= 4 is 17.4 Å². The molecule has 0 bridgehead atoms. The summed E-state index contributed by atoms with van der Waals surface area (Å²) in [6.45, 7) is 5.76. The third-order valence-electron chi connectivity index (χ3n) is 3.91. The van der Waals surface area contributed by atoms with Crippen LogP contribution in [0.15, 0.2) is 24.3 Å². The highest BCUT2D eigenvalue weighted by molar-refractivity contribution is 7.99. The van der Waals surface area contributed by atoms with Crippen LogP contribution in [0.1, 0.15) is 25.8 Å². The predicted molar refractivity (Wildman–Crippen MR) is 87.0 cm³/mol. The van der Waals surface area contributed by atoms with Gasteiger partial charge in [-0.1, -0.05) is 26.0 Å². The van der Waals surface area contributed by atoms with Crippen molar-refractivity contribution in [2.24, 2.45) is 5.41 Å². The lowest BCUT2D eigenvalue weighted by molar-refractivity contribution is 0.305. The highest BCUT2D eigenvalue weighted by Crippen LogP contribution is 2.35. The minimum atomic E-state index is 0.396. The van der Waals surface area contributed by atoms with Crippen molar-refractivity contribution in [1.29, 1.82) is 0 Å². The molecule has 106 valence electrons. The Morgan fingerprint density at radius 1 is 1.26 bits per heavy atom. The number of hydrogen-bond acceptors (Lipinski definition) is 3. The van der Waals surface area contributed by atoms with E-state index in [9.17, 15) is 0 Å². The molecular weight excluding hydrogens is 252 g/mol. The van der Waals surface area contributed by atoms with E-state index in [0.29, 0.717) is 11.5 Å². The molecule has 1 aliphatic heterocycles. The zero-order valence-electron chi connectivity index (χ0n) is 12.6. The fourth-order valence-corrected chi connectivity index (χ4v) is 4.05. The fraction of sp³-hybridized carbons (Fsp3) is 0.625. The van der Waals surface area contributed by atoms with Crippen LogP contribution in [0.3, 0.4) is 0 Å². The molecule has 1 aromatic rings. The maximum Gasteiger partial charge on any atom is 0.0403 e. The summed E-state index contributed by atoms with van der Waals surface area (Å²) in [6.07, 6.45) is 1.30. The summed E-state index contributed by atoms with van der Waals surface area (Å²) in [7, 11) is 4.21. The summed E-state index contributed by atoms with van der Waals surface area (Å²) in [6, 6.07) is 9.46. The van der Waals surface area contributed by atoms with Gasteiger partial charge in [0, 0.05) is 24.0 Å². The molecule has 1 N–H and O–H groups in total. The Morgan fingerprint density at radius 3 is 2.53 bits per heavy atom. The molecule has 0 saturated carbocycles. The number of benzene rings is 1. The maximum absolute atomic E-state index is 3.72. The molecule has 1 heterocycles. The molecule has 19 heavy (non-hydrogen) atoms. The lowest BCUT2D eigenvalue weighted by atomic mass is 9.82. The highest BCUT2D eigenvalue weighted by Gasteiger charge is 2.32. The van der Waals surface area contributed by atoms with Gasteiger partial charge in [-0.05, 0) is 49.4 Å². The molecular formula is C16H26N2S. The Balaban J connectivity index is 1.99. The van der Waals surface area contributed by atoms with Gasteiger partial charge in [0.15, 0.2) is 0 Å². The number of hydrogen-bond donors (Lipinski definition) is 1. The molecule has 0 aliphatic carbocycles. The van der Waals surface area contributed by atoms with Crippen LogP contribution < -0.4 is 5.32 Å². The zero-order valence-corrected chi connectivity index (χ0v) is 13.4. The molecule has 0 aromatic heterocycles. The summed E-state index contributed by atoms with van der Waals surface area (Å²) in [5.41, 5.74) is 3.02. The van der Waals surface area contributed by atoms with Gasteiger partial charge in [-0.3, -0.25) is 0 Å². The Hall–Kier alpha value is -0.670. The average Bonchev–Trinajstić information content (AvgIpc) is 2.33. The maximum atomic E-state index is 3.72. The van der Waals surface area contributed by atoms with E-state index in [1.165, 1.54) is 29.2 Å². The van der Waals surface area contributed by atoms with Crippen LogP contribution in [0.25, 0.3) is 0 Å². The topological polar surface area (TPSA) is 15.3 Å². The van der Waals surface area contributed by atoms with Crippen LogP contribution in [-0.2, 0) is 6.54 Å². The molecule has 1 fully saturated rings. The highest BCUT2D eigenvalue weighted by atomic mass is 32.2. The summed E-state index contributed by atoms with van der Waals surface area (Å²) < 4.78 is 0. The van der Waals surface area contributed by atoms with Crippen molar-refractivity contribution in [3.63, 3.8) is 0 Å². The fourth-order valence-electron chi connectivity index (χ4n) is 2.45. The first-order valence-electron chi connectivity index (χ1n) is 7.05. The third kappa shape index (κ3) is 4.15. The normalized spacial score (nSPS) is 22.5. The van der Waals surface area contributed by atoms with Crippen molar-refractivity contribution in [3.05, 3.63) is 29.8 Å². The van der Waals surface area contributed by atoms with E-state index in [4.69, 9.17) is 0 Å². The van der Waals surface area contributed by atoms with Gasteiger partial charge >= 0.3 is 0 Å². The monoisotopic (exact) mass is 278 g/mol. The van der Waals surface area contributed by atoms with Crippen LogP contribution in [0, 0.1) is 5.41 Å². The molecule has 1 atom stereocenters. The van der Waals surface area contributed by atoms with Crippen molar-refractivity contribution < 1.29 is 0 Å². The van der Waals surface area contributed by atoms with E-state index in [-0.39, 0.29) is 0 Å². The van der Waals surface area contributed by atoms with Crippen molar-refractivity contribution in [2.75, 3.05) is 30.9 Å². The van der Waals surface area contributed by atoms with E-state index in [0.717, 1.165) is 6.54 Å². The molecule has 1 unspecified atom stereocenters. The molecule has 0 radical (unpaired) electrons. The Morgan fingerprint density at radius 2 is 1.95 bits per heavy atom. The number of thioether (sulfide) groups is 1. The van der Waals surface area contributed by atoms with Crippen LogP contribution >= 0.6 is 11.8 Å². The second-order valence-electron chi connectivity index (χ2n) is 6.45. The quantitative estimate of drug-likeness (QED) is 0.904. The van der Waals surface area contributed by atoms with E-state index in [2.05, 4.69) is 74.2 Å². The third-order valence-corrected chi connectivity index (χ3v) is 4.97. The molecule has 1 aromatic carbocycles. The molecule has 0 amide bonds. The first kappa shape index (κ1) is 14.7. The molecule has 2 rings (SSSR count). The predicted octanol–water partition coefficient (Wildman–Crippen LogP) is 3.69. The standard InChI is InChI=1S/C16H26N2S/c1-16(2)9-10-19-12-15(16)17-14-7-5-13(6-8-14)11-18(3)4/h5-8,15,17H,9-12H2,1-4H3. The van der Waals surface area contributed by atoms with Gasteiger partial charge in [-0.25, -0.2) is 0 Å². The summed E-state index contributed by atoms with van der Waals surface area (Å²) in [5, 5.41) is 3.72. The van der Waals surface area contributed by atoms with Crippen molar-refractivity contribution in [1.82, 2.24) is 4.90 Å². The van der Waals surface area contributed by atoms with Gasteiger partial charge < -0.3 is 10.2 Å². The van der Waals surface area contributed by atoms with Gasteiger partial charge in [0.25, 0.3) is 0 Å². The number of nitrogens with one attached hydrogen (secondary N) is 1. The number of anilines is 1. The molecule has 3 heteroatoms. The number of rotatable bonds is 4. The summed E-state index contributed by atoms with van der Waals surface area (Å²) in [4.78, 5) is 2.20. The Bertz CT molecular complexity index is 398. The van der Waals surface area contributed by atoms with Gasteiger partial charge in [-0.15, -0.1) is 0 Å². The van der Waals surface area contributed by atoms with Crippen LogP contribution in [-0.4, -0.2) is 36.5 Å². The second-order valence-corrected chi connectivity index (χ2v) is 7.59. The lowest BCUT2D eigenvalue weighted by Crippen LogP contribution is -2.41. The Labute approximate surface area is 122 Å². The van der Waals surface area contributed by atoms with Gasteiger partial charge in [0.05, 0.1) is 0 Å². The minimum Gasteiger partial charge on any atom is -0.381 e. The lowest BCUT2D eigenvalue weighted by Gasteiger charge is -2.39. The average molecular weight is 278 g/mol. The molecule has 0 spiro atoms. The van der Waals surface area contributed by atoms with E-state index in [1.54, 1.807) is 0 Å². The van der Waals surface area contributed by atoms with Crippen LogP contribution in [0.5, 0.6) is 0 Å².